The van der Waals surface area contributed by atoms with Crippen LogP contribution in [0.2, 0.25) is 0 Å². The summed E-state index contributed by atoms with van der Waals surface area (Å²) in [6.07, 6.45) is 0.491. The van der Waals surface area contributed by atoms with E-state index in [0.29, 0.717) is 23.9 Å². The lowest BCUT2D eigenvalue weighted by Crippen LogP contribution is -2.07. The van der Waals surface area contributed by atoms with Crippen LogP contribution >= 0.6 is 0 Å². The van der Waals surface area contributed by atoms with Gasteiger partial charge in [0.2, 0.25) is 0 Å². The molecule has 0 unspecified atom stereocenters. The third-order valence-corrected chi connectivity index (χ3v) is 11.4. The summed E-state index contributed by atoms with van der Waals surface area (Å²) < 4.78 is 11.2. The Morgan fingerprint density at radius 1 is 0.379 bits per heavy atom. The lowest BCUT2D eigenvalue weighted by molar-refractivity contribution is 0.669. The molecular weight excluding hydrogens is 711 g/mol. The van der Waals surface area contributed by atoms with Gasteiger partial charge >= 0.3 is 0 Å². The van der Waals surface area contributed by atoms with Gasteiger partial charge in [0.15, 0.2) is 11.6 Å². The van der Waals surface area contributed by atoms with Crippen molar-refractivity contribution in [3.63, 3.8) is 0 Å². The van der Waals surface area contributed by atoms with Crippen LogP contribution in [-0.2, 0) is 6.42 Å². The van der Waals surface area contributed by atoms with Gasteiger partial charge in [0.25, 0.3) is 0 Å². The quantitative estimate of drug-likeness (QED) is 0.170. The van der Waals surface area contributed by atoms with Gasteiger partial charge in [-0.1, -0.05) is 140 Å². The van der Waals surface area contributed by atoms with Crippen molar-refractivity contribution in [1.29, 1.82) is 0 Å². The fourth-order valence-corrected chi connectivity index (χ4v) is 8.80. The van der Waals surface area contributed by atoms with Crippen LogP contribution in [0.25, 0.3) is 99.7 Å². The molecule has 4 heterocycles. The average molecular weight is 744 g/mol. The molecule has 0 bridgehead atoms. The molecular formula is C52H33N5O. The molecule has 6 heteroatoms. The van der Waals surface area contributed by atoms with Gasteiger partial charge in [-0.25, -0.2) is 15.0 Å². The highest BCUT2D eigenvalue weighted by Crippen LogP contribution is 2.40. The Hall–Kier alpha value is -7.83. The Labute approximate surface area is 332 Å². The van der Waals surface area contributed by atoms with E-state index in [2.05, 4.69) is 149 Å². The summed E-state index contributed by atoms with van der Waals surface area (Å²) in [5.74, 6) is 2.01. The van der Waals surface area contributed by atoms with E-state index in [0.717, 1.165) is 72.1 Å². The van der Waals surface area contributed by atoms with E-state index in [1.165, 1.54) is 21.5 Å². The zero-order valence-electron chi connectivity index (χ0n) is 31.2. The van der Waals surface area contributed by atoms with Crippen LogP contribution in [-0.4, -0.2) is 24.1 Å². The second-order valence-corrected chi connectivity index (χ2v) is 14.8. The van der Waals surface area contributed by atoms with E-state index in [-0.39, 0.29) is 0 Å². The minimum absolute atomic E-state index is 0.491. The molecule has 0 aliphatic heterocycles. The first-order chi connectivity index (χ1) is 28.7. The van der Waals surface area contributed by atoms with Crippen LogP contribution in [0.15, 0.2) is 192 Å². The topological polar surface area (TPSA) is 61.7 Å². The lowest BCUT2D eigenvalue weighted by atomic mass is 10.1. The molecule has 8 aromatic carbocycles. The monoisotopic (exact) mass is 743 g/mol. The Morgan fingerprint density at radius 3 is 1.55 bits per heavy atom. The van der Waals surface area contributed by atoms with Crippen LogP contribution < -0.4 is 0 Å². The number of hydrogen-bond donors (Lipinski definition) is 0. The molecule has 4 aromatic heterocycles. The van der Waals surface area contributed by atoms with Gasteiger partial charge in [-0.05, 0) is 48.0 Å². The highest BCUT2D eigenvalue weighted by molar-refractivity contribution is 6.17. The van der Waals surface area contributed by atoms with E-state index < -0.39 is 0 Å². The number of rotatable bonds is 6. The highest BCUT2D eigenvalue weighted by Gasteiger charge is 2.21. The van der Waals surface area contributed by atoms with E-state index in [1.54, 1.807) is 0 Å². The fourth-order valence-electron chi connectivity index (χ4n) is 8.80. The van der Waals surface area contributed by atoms with E-state index in [9.17, 15) is 0 Å². The fraction of sp³-hybridized carbons (Fsp3) is 0.0192. The van der Waals surface area contributed by atoms with Crippen molar-refractivity contribution in [3.8, 4) is 34.2 Å². The Bertz CT molecular complexity index is 3430. The SMILES string of the molecule is c1ccc(-c2nc(Cc3ccc(-n4c5ccccc5c5cc6c(cc54)oc4ccccc46)cc3-n3c4ccccc4c4ccccc43)nc(-c3ccccc3)n2)cc1. The molecule has 0 saturated carbocycles. The molecule has 6 nitrogen and oxygen atoms in total. The van der Waals surface area contributed by atoms with Gasteiger partial charge in [0, 0.05) is 61.6 Å². The maximum atomic E-state index is 6.46. The molecule has 272 valence electrons. The lowest BCUT2D eigenvalue weighted by Gasteiger charge is -2.17. The maximum absolute atomic E-state index is 6.46. The second-order valence-electron chi connectivity index (χ2n) is 14.8. The molecule has 58 heavy (non-hydrogen) atoms. The first-order valence-electron chi connectivity index (χ1n) is 19.6. The summed E-state index contributed by atoms with van der Waals surface area (Å²) >= 11 is 0. The number of hydrogen-bond acceptors (Lipinski definition) is 4. The molecule has 0 aliphatic rings. The second kappa shape index (κ2) is 12.9. The first kappa shape index (κ1) is 32.4. The number of aromatic nitrogens is 5. The summed E-state index contributed by atoms with van der Waals surface area (Å²) in [6.45, 7) is 0. The van der Waals surface area contributed by atoms with Gasteiger partial charge < -0.3 is 13.6 Å². The average Bonchev–Trinajstić information content (AvgIpc) is 3.93. The Kier molecular flexibility index (Phi) is 7.19. The van der Waals surface area contributed by atoms with Crippen LogP contribution in [0.5, 0.6) is 0 Å². The summed E-state index contributed by atoms with van der Waals surface area (Å²) in [5, 5.41) is 7.03. The van der Waals surface area contributed by atoms with Crippen molar-refractivity contribution in [2.24, 2.45) is 0 Å². The molecule has 0 amide bonds. The maximum Gasteiger partial charge on any atom is 0.163 e. The first-order valence-corrected chi connectivity index (χ1v) is 19.6. The van der Waals surface area contributed by atoms with Gasteiger partial charge in [0.1, 0.15) is 17.0 Å². The predicted molar refractivity (Wildman–Crippen MR) is 236 cm³/mol. The van der Waals surface area contributed by atoms with Crippen molar-refractivity contribution in [2.75, 3.05) is 0 Å². The van der Waals surface area contributed by atoms with Crippen LogP contribution in [0.4, 0.5) is 0 Å². The van der Waals surface area contributed by atoms with Crippen LogP contribution in [0.3, 0.4) is 0 Å². The Morgan fingerprint density at radius 2 is 0.914 bits per heavy atom. The summed E-state index contributed by atoms with van der Waals surface area (Å²) in [5.41, 5.74) is 11.4. The molecule has 12 rings (SSSR count). The van der Waals surface area contributed by atoms with E-state index in [1.807, 2.05) is 48.5 Å². The zero-order valence-corrected chi connectivity index (χ0v) is 31.2. The van der Waals surface area contributed by atoms with Gasteiger partial charge in [0.05, 0.1) is 27.8 Å². The molecule has 0 saturated heterocycles. The van der Waals surface area contributed by atoms with Gasteiger partial charge in [-0.3, -0.25) is 0 Å². The van der Waals surface area contributed by atoms with Crippen molar-refractivity contribution in [3.05, 3.63) is 199 Å². The molecule has 12 aromatic rings. The molecule has 0 spiro atoms. The molecule has 0 aliphatic carbocycles. The van der Waals surface area contributed by atoms with Crippen LogP contribution in [0.1, 0.15) is 11.4 Å². The zero-order chi connectivity index (χ0) is 38.2. The van der Waals surface area contributed by atoms with E-state index in [4.69, 9.17) is 19.4 Å². The highest BCUT2D eigenvalue weighted by atomic mass is 16.3. The van der Waals surface area contributed by atoms with Gasteiger partial charge in [-0.15, -0.1) is 0 Å². The standard InChI is InChI=1S/C52H33N5O/c1-3-15-33(16-4-1)51-53-50(54-52(55-51)34-17-5-2-6-18-34)29-35-27-28-36(30-46(35)57-44-24-12-7-19-37(44)38-20-8-13-25-45(38)57)56-43-23-11-9-21-39(43)41-31-42-40-22-10-14-26-48(40)58-49(42)32-47(41)56/h1-28,30-32H,29H2. The summed E-state index contributed by atoms with van der Waals surface area (Å²) in [6, 6.07) is 66.0. The molecule has 0 N–H and O–H groups in total. The molecule has 0 radical (unpaired) electrons. The van der Waals surface area contributed by atoms with Gasteiger partial charge in [-0.2, -0.15) is 0 Å². The molecule has 0 atom stereocenters. The molecule has 0 fully saturated rings. The van der Waals surface area contributed by atoms with Crippen molar-refractivity contribution in [2.45, 2.75) is 6.42 Å². The number of para-hydroxylation sites is 4. The smallest absolute Gasteiger partial charge is 0.163 e. The Balaban J connectivity index is 1.12. The minimum atomic E-state index is 0.491. The number of benzene rings is 8. The predicted octanol–water partition coefficient (Wildman–Crippen LogP) is 12.9. The normalized spacial score (nSPS) is 11.9. The number of furan rings is 1. The summed E-state index contributed by atoms with van der Waals surface area (Å²) in [4.78, 5) is 15.2. The number of nitrogens with zero attached hydrogens (tertiary/aromatic N) is 5. The third-order valence-electron chi connectivity index (χ3n) is 11.4. The van der Waals surface area contributed by atoms with E-state index >= 15 is 0 Å². The van der Waals surface area contributed by atoms with Crippen molar-refractivity contribution < 1.29 is 4.42 Å². The van der Waals surface area contributed by atoms with Crippen molar-refractivity contribution >= 4 is 65.6 Å². The van der Waals surface area contributed by atoms with Crippen LogP contribution in [0, 0.1) is 0 Å². The third kappa shape index (κ3) is 5.09. The number of fused-ring (bicyclic) bond motifs is 9. The minimum Gasteiger partial charge on any atom is -0.456 e. The summed E-state index contributed by atoms with van der Waals surface area (Å²) in [7, 11) is 0. The largest absolute Gasteiger partial charge is 0.456 e. The van der Waals surface area contributed by atoms with Crippen molar-refractivity contribution in [1.82, 2.24) is 24.1 Å².